The molecular weight excluding hydrogens is 362 g/mol. The number of benzene rings is 2. The van der Waals surface area contributed by atoms with Gasteiger partial charge in [0.1, 0.15) is 0 Å². The first-order valence-electron chi connectivity index (χ1n) is 8.51. The van der Waals surface area contributed by atoms with Gasteiger partial charge in [0.05, 0.1) is 10.9 Å². The minimum Gasteiger partial charge on any atom is -0.333 e. The standard InChI is InChI=1S/C22H18ClNOS/c1-2-22(25)24-13-19(18-12-21(23)26-20(18)14-24)17-11-7-6-10-16(17)15-8-4-3-5-9-15/h2-12,19H,1,13-14H2/t19-/m1/s1. The van der Waals surface area contributed by atoms with Crippen molar-refractivity contribution in [2.75, 3.05) is 6.54 Å². The molecule has 1 amide bonds. The number of hydrogen-bond donors (Lipinski definition) is 0. The van der Waals surface area contributed by atoms with E-state index in [0.29, 0.717) is 13.1 Å². The Morgan fingerprint density at radius 2 is 1.85 bits per heavy atom. The first kappa shape index (κ1) is 17.1. The van der Waals surface area contributed by atoms with Crippen molar-refractivity contribution in [3.63, 3.8) is 0 Å². The van der Waals surface area contributed by atoms with Gasteiger partial charge >= 0.3 is 0 Å². The summed E-state index contributed by atoms with van der Waals surface area (Å²) in [5.41, 5.74) is 4.82. The van der Waals surface area contributed by atoms with Crippen LogP contribution in [-0.2, 0) is 11.3 Å². The molecule has 1 aliphatic heterocycles. The lowest BCUT2D eigenvalue weighted by atomic mass is 9.84. The van der Waals surface area contributed by atoms with E-state index in [2.05, 4.69) is 49.0 Å². The second kappa shape index (κ2) is 7.10. The topological polar surface area (TPSA) is 20.3 Å². The van der Waals surface area contributed by atoms with Crippen LogP contribution >= 0.6 is 22.9 Å². The number of thiophene rings is 1. The van der Waals surface area contributed by atoms with Crippen molar-refractivity contribution < 1.29 is 4.79 Å². The molecule has 2 heterocycles. The maximum Gasteiger partial charge on any atom is 0.246 e. The molecule has 2 nitrogen and oxygen atoms in total. The number of carbonyl (C=O) groups is 1. The number of halogens is 1. The van der Waals surface area contributed by atoms with E-state index in [4.69, 9.17) is 11.6 Å². The Bertz CT molecular complexity index is 963. The highest BCUT2D eigenvalue weighted by Gasteiger charge is 2.31. The highest BCUT2D eigenvalue weighted by atomic mass is 35.5. The lowest BCUT2D eigenvalue weighted by molar-refractivity contribution is -0.127. The summed E-state index contributed by atoms with van der Waals surface area (Å²) < 4.78 is 0.769. The average molecular weight is 380 g/mol. The van der Waals surface area contributed by atoms with E-state index in [1.165, 1.54) is 28.3 Å². The number of nitrogens with zero attached hydrogens (tertiary/aromatic N) is 1. The van der Waals surface area contributed by atoms with Crippen LogP contribution in [-0.4, -0.2) is 17.4 Å². The molecular formula is C22H18ClNOS. The van der Waals surface area contributed by atoms with Gasteiger partial charge in [0.2, 0.25) is 5.91 Å². The Kier molecular flexibility index (Phi) is 4.66. The Balaban J connectivity index is 1.84. The average Bonchev–Trinajstić information content (AvgIpc) is 3.07. The lowest BCUT2D eigenvalue weighted by Gasteiger charge is -2.33. The van der Waals surface area contributed by atoms with Crippen molar-refractivity contribution in [2.24, 2.45) is 0 Å². The predicted molar refractivity (Wildman–Crippen MR) is 109 cm³/mol. The fourth-order valence-corrected chi connectivity index (χ4v) is 4.99. The fraction of sp³-hybridized carbons (Fsp3) is 0.136. The van der Waals surface area contributed by atoms with E-state index in [1.807, 2.05) is 23.1 Å². The van der Waals surface area contributed by atoms with Gasteiger partial charge in [-0.15, -0.1) is 11.3 Å². The Labute approximate surface area is 162 Å². The molecule has 0 spiro atoms. The zero-order valence-electron chi connectivity index (χ0n) is 14.2. The second-order valence-corrected chi connectivity index (χ2v) is 8.13. The molecule has 0 fully saturated rings. The molecule has 0 bridgehead atoms. The molecule has 0 saturated heterocycles. The largest absolute Gasteiger partial charge is 0.333 e. The number of amides is 1. The van der Waals surface area contributed by atoms with Gasteiger partial charge in [-0.2, -0.15) is 0 Å². The van der Waals surface area contributed by atoms with E-state index in [-0.39, 0.29) is 11.8 Å². The van der Waals surface area contributed by atoms with Crippen molar-refractivity contribution in [1.82, 2.24) is 4.90 Å². The summed E-state index contributed by atoms with van der Waals surface area (Å²) >= 11 is 7.88. The normalized spacial score (nSPS) is 16.2. The van der Waals surface area contributed by atoms with Crippen molar-refractivity contribution >= 4 is 28.8 Å². The number of hydrogen-bond acceptors (Lipinski definition) is 2. The molecule has 1 aliphatic rings. The van der Waals surface area contributed by atoms with E-state index in [0.717, 1.165) is 9.21 Å². The fourth-order valence-electron chi connectivity index (χ4n) is 3.63. The maximum absolute atomic E-state index is 12.3. The third-order valence-electron chi connectivity index (χ3n) is 4.83. The van der Waals surface area contributed by atoms with Gasteiger partial charge < -0.3 is 4.90 Å². The zero-order valence-corrected chi connectivity index (χ0v) is 15.8. The SMILES string of the molecule is C=CC(=O)N1Cc2sc(Cl)cc2[C@@H](c2ccccc2-c2ccccc2)C1. The van der Waals surface area contributed by atoms with Crippen molar-refractivity contribution in [1.29, 1.82) is 0 Å². The van der Waals surface area contributed by atoms with E-state index >= 15 is 0 Å². The number of rotatable bonds is 3. The van der Waals surface area contributed by atoms with Crippen molar-refractivity contribution in [2.45, 2.75) is 12.5 Å². The minimum atomic E-state index is -0.0395. The lowest BCUT2D eigenvalue weighted by Crippen LogP contribution is -2.37. The monoisotopic (exact) mass is 379 g/mol. The summed E-state index contributed by atoms with van der Waals surface area (Å²) in [6.45, 7) is 4.88. The summed E-state index contributed by atoms with van der Waals surface area (Å²) in [6, 6.07) is 20.8. The number of carbonyl (C=O) groups excluding carboxylic acids is 1. The highest BCUT2D eigenvalue weighted by molar-refractivity contribution is 7.16. The third kappa shape index (κ3) is 3.09. The van der Waals surface area contributed by atoms with Gasteiger partial charge in [-0.05, 0) is 34.4 Å². The van der Waals surface area contributed by atoms with E-state index in [9.17, 15) is 4.79 Å². The smallest absolute Gasteiger partial charge is 0.246 e. The molecule has 3 aromatic rings. The van der Waals surface area contributed by atoms with E-state index < -0.39 is 0 Å². The van der Waals surface area contributed by atoms with Gasteiger partial charge in [0, 0.05) is 17.3 Å². The van der Waals surface area contributed by atoms with Crippen LogP contribution in [0.3, 0.4) is 0 Å². The molecule has 4 rings (SSSR count). The molecule has 1 aromatic heterocycles. The Morgan fingerprint density at radius 1 is 1.12 bits per heavy atom. The molecule has 0 saturated carbocycles. The van der Waals surface area contributed by atoms with Crippen molar-refractivity contribution in [3.05, 3.63) is 93.7 Å². The number of fused-ring (bicyclic) bond motifs is 1. The molecule has 4 heteroatoms. The summed E-state index contributed by atoms with van der Waals surface area (Å²) in [4.78, 5) is 15.3. The van der Waals surface area contributed by atoms with Crippen LogP contribution in [0.1, 0.15) is 21.9 Å². The van der Waals surface area contributed by atoms with Gasteiger partial charge in [-0.1, -0.05) is 72.8 Å². The molecule has 130 valence electrons. The highest BCUT2D eigenvalue weighted by Crippen LogP contribution is 2.42. The summed E-state index contributed by atoms with van der Waals surface area (Å²) in [5.74, 6) is 0.0603. The maximum atomic E-state index is 12.3. The Hall–Kier alpha value is -2.36. The van der Waals surface area contributed by atoms with Crippen LogP contribution < -0.4 is 0 Å². The predicted octanol–water partition coefficient (Wildman–Crippen LogP) is 5.73. The van der Waals surface area contributed by atoms with Gasteiger partial charge in [-0.25, -0.2) is 0 Å². The van der Waals surface area contributed by atoms with Crippen LogP contribution in [0.25, 0.3) is 11.1 Å². The van der Waals surface area contributed by atoms with Gasteiger partial charge in [0.15, 0.2) is 0 Å². The molecule has 2 aromatic carbocycles. The summed E-state index contributed by atoms with van der Waals surface area (Å²) in [7, 11) is 0. The second-order valence-electron chi connectivity index (χ2n) is 6.36. The molecule has 0 unspecified atom stereocenters. The first-order chi connectivity index (χ1) is 12.7. The van der Waals surface area contributed by atoms with Crippen LogP contribution in [0.5, 0.6) is 0 Å². The minimum absolute atomic E-state index is 0.0395. The quantitative estimate of drug-likeness (QED) is 0.532. The van der Waals surface area contributed by atoms with Crippen LogP contribution in [0.15, 0.2) is 73.3 Å². The molecule has 0 radical (unpaired) electrons. The Morgan fingerprint density at radius 3 is 2.62 bits per heavy atom. The van der Waals surface area contributed by atoms with Gasteiger partial charge in [0.25, 0.3) is 0 Å². The first-order valence-corrected chi connectivity index (χ1v) is 9.70. The molecule has 0 N–H and O–H groups in total. The summed E-state index contributed by atoms with van der Waals surface area (Å²) in [6.07, 6.45) is 1.39. The van der Waals surface area contributed by atoms with Crippen LogP contribution in [0.4, 0.5) is 0 Å². The van der Waals surface area contributed by atoms with Gasteiger partial charge in [-0.3, -0.25) is 4.79 Å². The summed E-state index contributed by atoms with van der Waals surface area (Å²) in [5, 5.41) is 0. The third-order valence-corrected chi connectivity index (χ3v) is 6.10. The molecule has 26 heavy (non-hydrogen) atoms. The molecule has 0 aliphatic carbocycles. The zero-order chi connectivity index (χ0) is 18.1. The van der Waals surface area contributed by atoms with Crippen molar-refractivity contribution in [3.8, 4) is 11.1 Å². The van der Waals surface area contributed by atoms with E-state index in [1.54, 1.807) is 11.3 Å². The molecule has 1 atom stereocenters. The van der Waals surface area contributed by atoms with Crippen LogP contribution in [0, 0.1) is 0 Å². The van der Waals surface area contributed by atoms with Crippen LogP contribution in [0.2, 0.25) is 4.34 Å².